The van der Waals surface area contributed by atoms with Gasteiger partial charge in [-0.2, -0.15) is 0 Å². The summed E-state index contributed by atoms with van der Waals surface area (Å²) in [4.78, 5) is 7.96. The summed E-state index contributed by atoms with van der Waals surface area (Å²) in [5.41, 5.74) is 0. The fourth-order valence-corrected chi connectivity index (χ4v) is 8.72. The van der Waals surface area contributed by atoms with Gasteiger partial charge in [0.2, 0.25) is 10.0 Å². The first-order chi connectivity index (χ1) is 15.6. The third-order valence-corrected chi connectivity index (χ3v) is 11.1. The largest absolute Gasteiger partial charge is 0.302 e. The normalized spacial score (nSPS) is 38.2. The standard InChI is InChI=1S/C24H45N5O2S/c30-32(31,23-6-2-1-3-7-23)26-17-22-16-20-9-11-29(22)19-21(20)18-27-12-14-28(15-13-27)24-8-4-5-10-25-24/h20-26H,1-19H2. The predicted octanol–water partition coefficient (Wildman–Crippen LogP) is 1.67. The molecule has 0 radical (unpaired) electrons. The van der Waals surface area contributed by atoms with Gasteiger partial charge in [0.15, 0.2) is 0 Å². The molecule has 8 heteroatoms. The Labute approximate surface area is 195 Å². The van der Waals surface area contributed by atoms with Crippen molar-refractivity contribution in [1.29, 1.82) is 0 Å². The molecule has 0 amide bonds. The molecule has 6 aliphatic rings. The Balaban J connectivity index is 1.06. The Kier molecular flexibility index (Phi) is 7.76. The van der Waals surface area contributed by atoms with Crippen molar-refractivity contribution in [1.82, 2.24) is 24.7 Å². The van der Waals surface area contributed by atoms with Gasteiger partial charge in [-0.05, 0) is 69.9 Å². The van der Waals surface area contributed by atoms with Crippen molar-refractivity contribution in [3.8, 4) is 0 Å². The highest BCUT2D eigenvalue weighted by molar-refractivity contribution is 7.90. The topological polar surface area (TPSA) is 67.9 Å². The smallest absolute Gasteiger partial charge is 0.214 e. The maximum atomic E-state index is 12.8. The lowest BCUT2D eigenvalue weighted by Gasteiger charge is -2.51. The first-order valence-corrected chi connectivity index (χ1v) is 15.1. The van der Waals surface area contributed by atoms with Gasteiger partial charge in [0.1, 0.15) is 0 Å². The maximum Gasteiger partial charge on any atom is 0.214 e. The summed E-state index contributed by atoms with van der Waals surface area (Å²) in [6, 6.07) is 0.401. The third kappa shape index (κ3) is 5.52. The van der Waals surface area contributed by atoms with Crippen molar-refractivity contribution >= 4 is 10.0 Å². The molecule has 6 rings (SSSR count). The van der Waals surface area contributed by atoms with Gasteiger partial charge in [0.05, 0.1) is 11.4 Å². The highest BCUT2D eigenvalue weighted by atomic mass is 32.2. The van der Waals surface area contributed by atoms with E-state index in [2.05, 4.69) is 24.7 Å². The van der Waals surface area contributed by atoms with Gasteiger partial charge in [0.25, 0.3) is 0 Å². The monoisotopic (exact) mass is 467 g/mol. The Morgan fingerprint density at radius 2 is 1.62 bits per heavy atom. The molecule has 1 saturated carbocycles. The molecular weight excluding hydrogens is 422 g/mol. The van der Waals surface area contributed by atoms with Crippen LogP contribution in [-0.4, -0.2) is 99.5 Å². The zero-order valence-electron chi connectivity index (χ0n) is 19.9. The summed E-state index contributed by atoms with van der Waals surface area (Å²) >= 11 is 0. The summed E-state index contributed by atoms with van der Waals surface area (Å²) in [5, 5.41) is 3.56. The van der Waals surface area contributed by atoms with Gasteiger partial charge in [0, 0.05) is 51.9 Å². The Morgan fingerprint density at radius 3 is 2.31 bits per heavy atom. The summed E-state index contributed by atoms with van der Waals surface area (Å²) in [7, 11) is -3.15. The Morgan fingerprint density at radius 1 is 0.844 bits per heavy atom. The first kappa shape index (κ1) is 23.5. The molecule has 5 atom stereocenters. The lowest BCUT2D eigenvalue weighted by Crippen LogP contribution is -2.60. The van der Waals surface area contributed by atoms with Crippen LogP contribution in [0.3, 0.4) is 0 Å². The van der Waals surface area contributed by atoms with E-state index in [0.717, 1.165) is 50.6 Å². The van der Waals surface area contributed by atoms with Crippen molar-refractivity contribution in [3.63, 3.8) is 0 Å². The van der Waals surface area contributed by atoms with Gasteiger partial charge in [-0.3, -0.25) is 9.80 Å². The van der Waals surface area contributed by atoms with E-state index < -0.39 is 10.0 Å². The molecule has 5 aliphatic heterocycles. The fraction of sp³-hybridized carbons (Fsp3) is 1.00. The van der Waals surface area contributed by atoms with E-state index in [1.165, 1.54) is 77.8 Å². The molecule has 2 N–H and O–H groups in total. The van der Waals surface area contributed by atoms with E-state index in [-0.39, 0.29) is 5.25 Å². The highest BCUT2D eigenvalue weighted by Gasteiger charge is 2.41. The average Bonchev–Trinajstić information content (AvgIpc) is 2.85. The van der Waals surface area contributed by atoms with Crippen LogP contribution >= 0.6 is 0 Å². The molecular formula is C24H45N5O2S. The van der Waals surface area contributed by atoms with Gasteiger partial charge in [-0.25, -0.2) is 13.1 Å². The number of piperidine rings is 4. The van der Waals surface area contributed by atoms with Crippen molar-refractivity contribution in [2.45, 2.75) is 81.7 Å². The van der Waals surface area contributed by atoms with Gasteiger partial charge >= 0.3 is 0 Å². The van der Waals surface area contributed by atoms with Crippen LogP contribution in [0, 0.1) is 11.8 Å². The zero-order valence-corrected chi connectivity index (χ0v) is 20.7. The SMILES string of the molecule is O=S(=O)(NCC1CC2CCN1CC2CN1CCN(C2CCCCN2)CC1)C1CCCCC1. The average molecular weight is 468 g/mol. The lowest BCUT2D eigenvalue weighted by molar-refractivity contribution is -0.0199. The molecule has 2 bridgehead atoms. The molecule has 0 aromatic rings. The molecule has 0 aromatic heterocycles. The Hall–Kier alpha value is -0.250. The van der Waals surface area contributed by atoms with Gasteiger partial charge < -0.3 is 10.2 Å². The maximum absolute atomic E-state index is 12.8. The molecule has 6 fully saturated rings. The van der Waals surface area contributed by atoms with Crippen molar-refractivity contribution in [3.05, 3.63) is 0 Å². The predicted molar refractivity (Wildman–Crippen MR) is 129 cm³/mol. The fourth-order valence-electron chi connectivity index (χ4n) is 7.11. The summed E-state index contributed by atoms with van der Waals surface area (Å²) in [5.74, 6) is 1.52. The molecule has 5 unspecified atom stereocenters. The minimum atomic E-state index is -3.15. The van der Waals surface area contributed by atoms with Crippen LogP contribution < -0.4 is 10.0 Å². The quantitative estimate of drug-likeness (QED) is 0.594. The van der Waals surface area contributed by atoms with E-state index in [9.17, 15) is 8.42 Å². The van der Waals surface area contributed by atoms with Gasteiger partial charge in [-0.15, -0.1) is 0 Å². The molecule has 0 spiro atoms. The number of sulfonamides is 1. The number of hydrogen-bond donors (Lipinski definition) is 2. The summed E-state index contributed by atoms with van der Waals surface area (Å²) < 4.78 is 28.5. The van der Waals surface area contributed by atoms with Crippen LogP contribution in [0.15, 0.2) is 0 Å². The molecule has 5 saturated heterocycles. The van der Waals surface area contributed by atoms with Crippen molar-refractivity contribution in [2.24, 2.45) is 11.8 Å². The van der Waals surface area contributed by atoms with Crippen molar-refractivity contribution < 1.29 is 8.42 Å². The number of nitrogens with zero attached hydrogens (tertiary/aromatic N) is 3. The second-order valence-electron chi connectivity index (χ2n) is 11.1. The van der Waals surface area contributed by atoms with Crippen LogP contribution in [0.25, 0.3) is 0 Å². The zero-order chi connectivity index (χ0) is 22.0. The molecule has 184 valence electrons. The molecule has 1 aliphatic carbocycles. The summed E-state index contributed by atoms with van der Waals surface area (Å²) in [6.45, 7) is 10.1. The molecule has 7 nitrogen and oxygen atoms in total. The number of rotatable bonds is 7. The number of nitrogens with one attached hydrogen (secondary N) is 2. The molecule has 0 aromatic carbocycles. The van der Waals surface area contributed by atoms with Crippen LogP contribution in [0.4, 0.5) is 0 Å². The number of piperazine rings is 1. The van der Waals surface area contributed by atoms with E-state index in [1.54, 1.807) is 0 Å². The van der Waals surface area contributed by atoms with Crippen molar-refractivity contribution in [2.75, 3.05) is 58.9 Å². The van der Waals surface area contributed by atoms with E-state index in [1.807, 2.05) is 0 Å². The van der Waals surface area contributed by atoms with Crippen LogP contribution in [-0.2, 0) is 10.0 Å². The minimum Gasteiger partial charge on any atom is -0.302 e. The van der Waals surface area contributed by atoms with E-state index in [4.69, 9.17) is 0 Å². The minimum absolute atomic E-state index is 0.151. The van der Waals surface area contributed by atoms with E-state index >= 15 is 0 Å². The van der Waals surface area contributed by atoms with Crippen LogP contribution in [0.2, 0.25) is 0 Å². The molecule has 5 heterocycles. The van der Waals surface area contributed by atoms with Crippen LogP contribution in [0.5, 0.6) is 0 Å². The second kappa shape index (κ2) is 10.6. The van der Waals surface area contributed by atoms with E-state index in [0.29, 0.717) is 18.8 Å². The number of fused-ring (bicyclic) bond motifs is 3. The van der Waals surface area contributed by atoms with Crippen LogP contribution in [0.1, 0.15) is 64.2 Å². The lowest BCUT2D eigenvalue weighted by atomic mass is 9.75. The summed E-state index contributed by atoms with van der Waals surface area (Å²) in [6.07, 6.45) is 12.1. The van der Waals surface area contributed by atoms with Gasteiger partial charge in [-0.1, -0.05) is 19.3 Å². The Bertz CT molecular complexity index is 699. The highest BCUT2D eigenvalue weighted by Crippen LogP contribution is 2.37. The third-order valence-electron chi connectivity index (χ3n) is 9.15. The molecule has 32 heavy (non-hydrogen) atoms. The number of hydrogen-bond acceptors (Lipinski definition) is 6. The second-order valence-corrected chi connectivity index (χ2v) is 13.2. The first-order valence-electron chi connectivity index (χ1n) is 13.5.